The third-order valence-electron chi connectivity index (χ3n) is 12.6. The van der Waals surface area contributed by atoms with E-state index in [1.54, 1.807) is 0 Å². The van der Waals surface area contributed by atoms with Crippen molar-refractivity contribution in [3.63, 3.8) is 0 Å². The quantitative estimate of drug-likeness (QED) is 0.181. The Kier molecular flexibility index (Phi) is 5.90. The van der Waals surface area contributed by atoms with Gasteiger partial charge in [0, 0.05) is 32.4 Å². The summed E-state index contributed by atoms with van der Waals surface area (Å²) in [4.78, 5) is 0. The summed E-state index contributed by atoms with van der Waals surface area (Å²) in [5, 5.41) is 26.2. The van der Waals surface area contributed by atoms with E-state index in [1.165, 1.54) is 60.7 Å². The molecular formula is C50H34N4. The van der Waals surface area contributed by atoms with Crippen LogP contribution in [0.3, 0.4) is 0 Å². The minimum Gasteiger partial charge on any atom is -0.307 e. The van der Waals surface area contributed by atoms with Crippen molar-refractivity contribution in [2.24, 2.45) is 0 Å². The Morgan fingerprint density at radius 2 is 0.926 bits per heavy atom. The molecule has 2 aromatic heterocycles. The second kappa shape index (κ2) is 10.4. The van der Waals surface area contributed by atoms with E-state index in [9.17, 15) is 10.5 Å². The summed E-state index contributed by atoms with van der Waals surface area (Å²) < 4.78 is 4.58. The summed E-state index contributed by atoms with van der Waals surface area (Å²) >= 11 is 0. The molecule has 9 aromatic rings. The number of hydrogen-bond acceptors (Lipinski definition) is 2. The molecule has 7 aromatic carbocycles. The Hall–Kier alpha value is -6.88. The van der Waals surface area contributed by atoms with Crippen LogP contribution in [0.2, 0.25) is 0 Å². The van der Waals surface area contributed by atoms with Crippen molar-refractivity contribution in [2.75, 3.05) is 0 Å². The van der Waals surface area contributed by atoms with Gasteiger partial charge in [0.15, 0.2) is 0 Å². The van der Waals surface area contributed by atoms with Gasteiger partial charge in [0.2, 0.25) is 0 Å². The molecule has 0 amide bonds. The van der Waals surface area contributed by atoms with E-state index in [1.807, 2.05) is 12.1 Å². The molecule has 2 heterocycles. The van der Waals surface area contributed by atoms with Crippen LogP contribution in [-0.4, -0.2) is 9.13 Å². The van der Waals surface area contributed by atoms with E-state index in [0.29, 0.717) is 16.8 Å². The molecular weight excluding hydrogens is 657 g/mol. The van der Waals surface area contributed by atoms with E-state index >= 15 is 0 Å². The second-order valence-corrected chi connectivity index (χ2v) is 15.9. The number of benzene rings is 7. The molecule has 0 atom stereocenters. The van der Waals surface area contributed by atoms with Gasteiger partial charge in [0.1, 0.15) is 12.1 Å². The lowest BCUT2D eigenvalue weighted by atomic mass is 9.80. The third kappa shape index (κ3) is 3.60. The lowest BCUT2D eigenvalue weighted by molar-refractivity contribution is 0.666. The molecule has 2 aliphatic carbocycles. The molecule has 0 N–H and O–H groups in total. The fourth-order valence-corrected chi connectivity index (χ4v) is 10.4. The van der Waals surface area contributed by atoms with Crippen molar-refractivity contribution in [1.29, 1.82) is 10.5 Å². The van der Waals surface area contributed by atoms with E-state index < -0.39 is 0 Å². The van der Waals surface area contributed by atoms with Crippen LogP contribution in [0.4, 0.5) is 0 Å². The van der Waals surface area contributed by atoms with Crippen molar-refractivity contribution in [3.8, 4) is 45.8 Å². The first kappa shape index (κ1) is 30.7. The van der Waals surface area contributed by atoms with Gasteiger partial charge in [0.05, 0.1) is 44.6 Å². The Morgan fingerprint density at radius 3 is 1.46 bits per heavy atom. The highest BCUT2D eigenvalue weighted by Gasteiger charge is 2.40. The monoisotopic (exact) mass is 690 g/mol. The first-order valence-corrected chi connectivity index (χ1v) is 18.6. The standard InChI is InChI=1S/C50H34N4/c1-49(2)37-17-9-5-13-30(37)32-22-25-41-44(46(32)49)34-15-7-11-19-39(34)53(41)43-24-21-29(27-51)36(28-52)48(43)54-40-20-12-8-16-35(40)45-42(54)26-23-33-31-14-6-10-18-38(31)50(3,4)47(33)45/h5-26H,1-4H3. The lowest BCUT2D eigenvalue weighted by Gasteiger charge is -2.23. The largest absolute Gasteiger partial charge is 0.307 e. The van der Waals surface area contributed by atoms with Crippen LogP contribution < -0.4 is 0 Å². The van der Waals surface area contributed by atoms with Gasteiger partial charge in [-0.25, -0.2) is 0 Å². The molecule has 0 spiro atoms. The smallest absolute Gasteiger partial charge is 0.103 e. The number of fused-ring (bicyclic) bond motifs is 14. The molecule has 0 aliphatic heterocycles. The Morgan fingerprint density at radius 1 is 0.444 bits per heavy atom. The molecule has 254 valence electrons. The summed E-state index contributed by atoms with van der Waals surface area (Å²) in [6.07, 6.45) is 0. The van der Waals surface area contributed by atoms with Crippen molar-refractivity contribution in [2.45, 2.75) is 38.5 Å². The van der Waals surface area contributed by atoms with Gasteiger partial charge < -0.3 is 9.13 Å². The number of hydrogen-bond donors (Lipinski definition) is 0. The Labute approximate surface area is 313 Å². The highest BCUT2D eigenvalue weighted by molar-refractivity contribution is 6.17. The first-order chi connectivity index (χ1) is 26.3. The zero-order valence-corrected chi connectivity index (χ0v) is 30.5. The molecule has 0 saturated heterocycles. The van der Waals surface area contributed by atoms with Crippen LogP contribution in [0.1, 0.15) is 61.1 Å². The second-order valence-electron chi connectivity index (χ2n) is 15.9. The maximum Gasteiger partial charge on any atom is 0.103 e. The highest BCUT2D eigenvalue weighted by Crippen LogP contribution is 2.55. The average Bonchev–Trinajstić information content (AvgIpc) is 3.86. The van der Waals surface area contributed by atoms with Gasteiger partial charge in [-0.1, -0.05) is 125 Å². The summed E-state index contributed by atoms with van der Waals surface area (Å²) in [5.41, 5.74) is 16.3. The number of aromatic nitrogens is 2. The van der Waals surface area contributed by atoms with Gasteiger partial charge in [-0.15, -0.1) is 0 Å². The maximum absolute atomic E-state index is 11.1. The van der Waals surface area contributed by atoms with Gasteiger partial charge in [-0.3, -0.25) is 0 Å². The van der Waals surface area contributed by atoms with Crippen LogP contribution >= 0.6 is 0 Å². The predicted octanol–water partition coefficient (Wildman–Crippen LogP) is 12.2. The number of nitriles is 2. The number of nitrogens with zero attached hydrogens (tertiary/aromatic N) is 4. The molecule has 2 aliphatic rings. The molecule has 0 unspecified atom stereocenters. The average molecular weight is 691 g/mol. The van der Waals surface area contributed by atoms with Gasteiger partial charge in [-0.2, -0.15) is 10.5 Å². The third-order valence-corrected chi connectivity index (χ3v) is 12.6. The highest BCUT2D eigenvalue weighted by atomic mass is 15.1. The molecule has 0 bridgehead atoms. The summed E-state index contributed by atoms with van der Waals surface area (Å²) in [6, 6.07) is 52.4. The van der Waals surface area contributed by atoms with E-state index in [2.05, 4.69) is 170 Å². The Bertz CT molecular complexity index is 3240. The van der Waals surface area contributed by atoms with Crippen molar-refractivity contribution < 1.29 is 0 Å². The Balaban J connectivity index is 1.30. The molecule has 0 saturated carbocycles. The van der Waals surface area contributed by atoms with E-state index in [0.717, 1.165) is 33.1 Å². The van der Waals surface area contributed by atoms with Crippen LogP contribution in [-0.2, 0) is 10.8 Å². The zero-order chi connectivity index (χ0) is 36.7. The SMILES string of the molecule is CC1(C)c2ccccc2-c2ccc3c(c21)c1ccccc1n3-c1ccc(C#N)c(C#N)c1-n1c2ccccc2c2c3c(ccc21)-c1ccccc1C3(C)C. The summed E-state index contributed by atoms with van der Waals surface area (Å²) in [6.45, 7) is 9.31. The van der Waals surface area contributed by atoms with E-state index in [4.69, 9.17) is 0 Å². The van der Waals surface area contributed by atoms with Crippen LogP contribution in [0.15, 0.2) is 133 Å². The minimum absolute atomic E-state index is 0.219. The molecule has 0 fully saturated rings. The van der Waals surface area contributed by atoms with Crippen LogP contribution in [0.5, 0.6) is 0 Å². The number of rotatable bonds is 2. The van der Waals surface area contributed by atoms with Gasteiger partial charge in [0.25, 0.3) is 0 Å². The summed E-state index contributed by atoms with van der Waals surface area (Å²) in [7, 11) is 0. The molecule has 0 radical (unpaired) electrons. The van der Waals surface area contributed by atoms with Gasteiger partial charge >= 0.3 is 0 Å². The topological polar surface area (TPSA) is 57.4 Å². The minimum atomic E-state index is -0.243. The van der Waals surface area contributed by atoms with Gasteiger partial charge in [-0.05, 0) is 80.9 Å². The fourth-order valence-electron chi connectivity index (χ4n) is 10.4. The summed E-state index contributed by atoms with van der Waals surface area (Å²) in [5.74, 6) is 0. The lowest BCUT2D eigenvalue weighted by Crippen LogP contribution is -2.15. The first-order valence-electron chi connectivity index (χ1n) is 18.6. The molecule has 11 rings (SSSR count). The van der Waals surface area contributed by atoms with Crippen molar-refractivity contribution in [3.05, 3.63) is 167 Å². The number of para-hydroxylation sites is 2. The van der Waals surface area contributed by atoms with Crippen LogP contribution in [0, 0.1) is 22.7 Å². The van der Waals surface area contributed by atoms with Crippen molar-refractivity contribution in [1.82, 2.24) is 9.13 Å². The van der Waals surface area contributed by atoms with Crippen LogP contribution in [0.25, 0.3) is 77.2 Å². The maximum atomic E-state index is 11.1. The molecule has 4 heteroatoms. The molecule has 54 heavy (non-hydrogen) atoms. The zero-order valence-electron chi connectivity index (χ0n) is 30.5. The normalized spacial score (nSPS) is 14.6. The fraction of sp³-hybridized carbons (Fsp3) is 0.120. The van der Waals surface area contributed by atoms with E-state index in [-0.39, 0.29) is 10.8 Å². The molecule has 4 nitrogen and oxygen atoms in total. The van der Waals surface area contributed by atoms with Crippen molar-refractivity contribution >= 4 is 43.6 Å². The predicted molar refractivity (Wildman–Crippen MR) is 220 cm³/mol.